The van der Waals surface area contributed by atoms with E-state index >= 15 is 0 Å². The highest BCUT2D eigenvalue weighted by Gasteiger charge is 2.22. The molecule has 1 aliphatic heterocycles. The van der Waals surface area contributed by atoms with Crippen LogP contribution in [0.25, 0.3) is 0 Å². The van der Waals surface area contributed by atoms with Gasteiger partial charge in [0.2, 0.25) is 0 Å². The van der Waals surface area contributed by atoms with E-state index in [0.29, 0.717) is 24.1 Å². The van der Waals surface area contributed by atoms with Crippen molar-refractivity contribution >= 4 is 29.0 Å². The molecule has 1 amide bonds. The lowest BCUT2D eigenvalue weighted by molar-refractivity contribution is 0.0124. The van der Waals surface area contributed by atoms with Crippen LogP contribution in [0, 0.1) is 12.8 Å². The number of carbonyl (C=O) groups is 1. The molecule has 2 heterocycles. The predicted molar refractivity (Wildman–Crippen MR) is 121 cm³/mol. The number of hydrogen-bond donors (Lipinski definition) is 1. The molecule has 0 aliphatic carbocycles. The lowest BCUT2D eigenvalue weighted by Gasteiger charge is -2.35. The van der Waals surface area contributed by atoms with Crippen LogP contribution >= 0.6 is 23.1 Å². The minimum absolute atomic E-state index is 0.00121. The summed E-state index contributed by atoms with van der Waals surface area (Å²) in [5.41, 5.74) is 1.82. The highest BCUT2D eigenvalue weighted by atomic mass is 32.2. The standard InChI is InChI=1S/C22H31N3O2S2/c1-16(2)12-20(25-8-10-27-11-9-25)13-23-22(26)18-4-6-21(7-5-18)29-15-19-14-28-17(3)24-19/h4-7,14,16,20H,8-13,15H2,1-3H3,(H,23,26). The van der Waals surface area contributed by atoms with Crippen molar-refractivity contribution in [1.29, 1.82) is 0 Å². The number of nitrogens with one attached hydrogen (secondary N) is 1. The molecule has 3 rings (SSSR count). The summed E-state index contributed by atoms with van der Waals surface area (Å²) in [5.74, 6) is 1.45. The van der Waals surface area contributed by atoms with Gasteiger partial charge in [-0.15, -0.1) is 23.1 Å². The molecule has 5 nitrogen and oxygen atoms in total. The van der Waals surface area contributed by atoms with E-state index in [1.165, 1.54) is 0 Å². The number of thioether (sulfide) groups is 1. The zero-order valence-corrected chi connectivity index (χ0v) is 19.2. The molecule has 0 radical (unpaired) electrons. The summed E-state index contributed by atoms with van der Waals surface area (Å²) in [6.45, 7) is 10.6. The van der Waals surface area contributed by atoms with Crippen LogP contribution < -0.4 is 5.32 Å². The van der Waals surface area contributed by atoms with Crippen LogP contribution in [0.5, 0.6) is 0 Å². The van der Waals surface area contributed by atoms with Gasteiger partial charge >= 0.3 is 0 Å². The highest BCUT2D eigenvalue weighted by molar-refractivity contribution is 7.98. The van der Waals surface area contributed by atoms with Crippen molar-refractivity contribution in [2.75, 3.05) is 32.8 Å². The fourth-order valence-electron chi connectivity index (χ4n) is 3.50. The maximum Gasteiger partial charge on any atom is 0.251 e. The van der Waals surface area contributed by atoms with E-state index in [2.05, 4.69) is 34.4 Å². The van der Waals surface area contributed by atoms with Gasteiger partial charge in [-0.05, 0) is 43.5 Å². The number of ether oxygens (including phenoxy) is 1. The third-order valence-corrected chi connectivity index (χ3v) is 6.84. The van der Waals surface area contributed by atoms with Gasteiger partial charge in [-0.2, -0.15) is 0 Å². The second-order valence-corrected chi connectivity index (χ2v) is 9.92. The largest absolute Gasteiger partial charge is 0.379 e. The molecule has 2 aromatic rings. The molecular weight excluding hydrogens is 402 g/mol. The summed E-state index contributed by atoms with van der Waals surface area (Å²) in [7, 11) is 0. The van der Waals surface area contributed by atoms with Crippen molar-refractivity contribution in [1.82, 2.24) is 15.2 Å². The predicted octanol–water partition coefficient (Wildman–Crippen LogP) is 4.22. The van der Waals surface area contributed by atoms with E-state index in [1.54, 1.807) is 23.1 Å². The Hall–Kier alpha value is -1.41. The zero-order chi connectivity index (χ0) is 20.6. The summed E-state index contributed by atoms with van der Waals surface area (Å²) in [5, 5.41) is 6.35. The maximum atomic E-state index is 12.6. The Morgan fingerprint density at radius 2 is 2.00 bits per heavy atom. The minimum atomic E-state index is -0.00121. The van der Waals surface area contributed by atoms with Gasteiger partial charge < -0.3 is 10.1 Å². The number of rotatable bonds is 9. The minimum Gasteiger partial charge on any atom is -0.379 e. The van der Waals surface area contributed by atoms with Crippen LogP contribution in [0.15, 0.2) is 34.5 Å². The third-order valence-electron chi connectivity index (χ3n) is 4.97. The first kappa shape index (κ1) is 22.3. The van der Waals surface area contributed by atoms with E-state index in [4.69, 9.17) is 4.74 Å². The summed E-state index contributed by atoms with van der Waals surface area (Å²) in [6.07, 6.45) is 1.08. The van der Waals surface area contributed by atoms with E-state index < -0.39 is 0 Å². The van der Waals surface area contributed by atoms with Crippen LogP contribution in [0.4, 0.5) is 0 Å². The van der Waals surface area contributed by atoms with Crippen molar-refractivity contribution in [3.63, 3.8) is 0 Å². The summed E-state index contributed by atoms with van der Waals surface area (Å²) >= 11 is 3.42. The maximum absolute atomic E-state index is 12.6. The molecule has 158 valence electrons. The molecule has 1 aromatic heterocycles. The normalized spacial score (nSPS) is 16.1. The number of thiazole rings is 1. The molecule has 0 saturated carbocycles. The van der Waals surface area contributed by atoms with Crippen molar-refractivity contribution in [2.45, 2.75) is 43.9 Å². The Balaban J connectivity index is 1.50. The lowest BCUT2D eigenvalue weighted by Crippen LogP contribution is -2.49. The summed E-state index contributed by atoms with van der Waals surface area (Å²) < 4.78 is 5.48. The number of benzene rings is 1. The van der Waals surface area contributed by atoms with Crippen molar-refractivity contribution < 1.29 is 9.53 Å². The molecule has 0 bridgehead atoms. The van der Waals surface area contributed by atoms with Crippen LogP contribution in [0.2, 0.25) is 0 Å². The number of aromatic nitrogens is 1. The second kappa shape index (κ2) is 11.1. The number of amides is 1. The van der Waals surface area contributed by atoms with Gasteiger partial charge in [-0.1, -0.05) is 13.8 Å². The molecule has 1 N–H and O–H groups in total. The molecule has 7 heteroatoms. The molecule has 29 heavy (non-hydrogen) atoms. The molecular formula is C22H31N3O2S2. The molecule has 1 aromatic carbocycles. The van der Waals surface area contributed by atoms with Gasteiger partial charge in [0.1, 0.15) is 0 Å². The topological polar surface area (TPSA) is 54.5 Å². The SMILES string of the molecule is Cc1nc(CSc2ccc(C(=O)NCC(CC(C)C)N3CCOCC3)cc2)cs1. The third kappa shape index (κ3) is 7.10. The lowest BCUT2D eigenvalue weighted by atomic mass is 10.0. The van der Waals surface area contributed by atoms with Gasteiger partial charge in [0.05, 0.1) is 23.9 Å². The molecule has 0 spiro atoms. The average Bonchev–Trinajstić information content (AvgIpc) is 3.15. The van der Waals surface area contributed by atoms with Crippen LogP contribution in [-0.4, -0.2) is 54.7 Å². The average molecular weight is 434 g/mol. The zero-order valence-electron chi connectivity index (χ0n) is 17.5. The molecule has 1 atom stereocenters. The second-order valence-electron chi connectivity index (χ2n) is 7.81. The number of hydrogen-bond acceptors (Lipinski definition) is 6. The van der Waals surface area contributed by atoms with E-state index in [9.17, 15) is 4.79 Å². The van der Waals surface area contributed by atoms with E-state index in [-0.39, 0.29) is 5.91 Å². The first-order valence-corrected chi connectivity index (χ1v) is 12.1. The number of nitrogens with zero attached hydrogens (tertiary/aromatic N) is 2. The number of carbonyl (C=O) groups excluding carboxylic acids is 1. The Morgan fingerprint density at radius 1 is 1.28 bits per heavy atom. The first-order chi connectivity index (χ1) is 14.0. The van der Waals surface area contributed by atoms with Gasteiger partial charge in [-0.25, -0.2) is 4.98 Å². The Bertz CT molecular complexity index is 771. The summed E-state index contributed by atoms with van der Waals surface area (Å²) in [6, 6.07) is 8.23. The smallest absolute Gasteiger partial charge is 0.251 e. The van der Waals surface area contributed by atoms with Crippen LogP contribution in [0.3, 0.4) is 0 Å². The van der Waals surface area contributed by atoms with Crippen molar-refractivity contribution in [2.24, 2.45) is 5.92 Å². The molecule has 1 saturated heterocycles. The van der Waals surface area contributed by atoms with Crippen LogP contribution in [0.1, 0.15) is 41.3 Å². The van der Waals surface area contributed by atoms with E-state index in [1.807, 2.05) is 31.2 Å². The monoisotopic (exact) mass is 433 g/mol. The molecule has 1 aliphatic rings. The molecule has 1 fully saturated rings. The fraction of sp³-hybridized carbons (Fsp3) is 0.545. The Kier molecular flexibility index (Phi) is 8.53. The highest BCUT2D eigenvalue weighted by Crippen LogP contribution is 2.24. The fourth-order valence-corrected chi connectivity index (χ4v) is 5.00. The van der Waals surface area contributed by atoms with Crippen molar-refractivity contribution in [3.05, 3.63) is 45.9 Å². The Morgan fingerprint density at radius 3 is 2.62 bits per heavy atom. The quantitative estimate of drug-likeness (QED) is 0.600. The van der Waals surface area contributed by atoms with Gasteiger partial charge in [0, 0.05) is 47.3 Å². The van der Waals surface area contributed by atoms with Gasteiger partial charge in [-0.3, -0.25) is 9.69 Å². The summed E-state index contributed by atoms with van der Waals surface area (Å²) in [4.78, 5) is 20.7. The van der Waals surface area contributed by atoms with Gasteiger partial charge in [0.25, 0.3) is 5.91 Å². The Labute approximate surface area is 182 Å². The first-order valence-electron chi connectivity index (χ1n) is 10.2. The number of aryl methyl sites for hydroxylation is 1. The number of morpholine rings is 1. The van der Waals surface area contributed by atoms with E-state index in [0.717, 1.165) is 54.1 Å². The molecule has 1 unspecified atom stereocenters. The van der Waals surface area contributed by atoms with Crippen molar-refractivity contribution in [3.8, 4) is 0 Å². The van der Waals surface area contributed by atoms with Crippen LogP contribution in [-0.2, 0) is 10.5 Å². The van der Waals surface area contributed by atoms with Gasteiger partial charge in [0.15, 0.2) is 0 Å².